The molecule has 1 atom stereocenters. The van der Waals surface area contributed by atoms with Gasteiger partial charge in [0, 0.05) is 13.0 Å². The van der Waals surface area contributed by atoms with E-state index in [1.54, 1.807) is 19.0 Å². The van der Waals surface area contributed by atoms with Crippen molar-refractivity contribution in [3.63, 3.8) is 0 Å². The van der Waals surface area contributed by atoms with Crippen molar-refractivity contribution in [1.29, 1.82) is 0 Å². The number of rotatable bonds is 19. The predicted octanol–water partition coefficient (Wildman–Crippen LogP) is 5.15. The van der Waals surface area contributed by atoms with Crippen LogP contribution in [0.4, 0.5) is 0 Å². The van der Waals surface area contributed by atoms with E-state index in [2.05, 4.69) is 24.4 Å². The van der Waals surface area contributed by atoms with E-state index < -0.39 is 12.0 Å². The third kappa shape index (κ3) is 16.8. The van der Waals surface area contributed by atoms with Crippen molar-refractivity contribution in [3.05, 3.63) is 12.2 Å². The molecule has 0 saturated heterocycles. The van der Waals surface area contributed by atoms with Crippen LogP contribution in [0.15, 0.2) is 12.2 Å². The largest absolute Gasteiger partial charge is 0.480 e. The van der Waals surface area contributed by atoms with Crippen LogP contribution in [-0.2, 0) is 9.59 Å². The Hall–Kier alpha value is -1.36. The van der Waals surface area contributed by atoms with Crippen LogP contribution in [0, 0.1) is 0 Å². The normalized spacial score (nSPS) is 12.6. The summed E-state index contributed by atoms with van der Waals surface area (Å²) in [7, 11) is 3.57. The van der Waals surface area contributed by atoms with Crippen LogP contribution in [0.25, 0.3) is 0 Å². The maximum absolute atomic E-state index is 11.8. The number of unbranched alkanes of at least 4 members (excludes halogenated alkanes) is 9. The van der Waals surface area contributed by atoms with Gasteiger partial charge in [-0.3, -0.25) is 14.5 Å². The number of nitrogens with zero attached hydrogens (tertiary/aromatic N) is 1. The number of likely N-dealkylation sites (N-methyl/N-ethyl adjacent to an activating group) is 1. The minimum Gasteiger partial charge on any atom is -0.480 e. The Labute approximate surface area is 173 Å². The zero-order chi connectivity index (χ0) is 21.0. The molecule has 0 saturated carbocycles. The summed E-state index contributed by atoms with van der Waals surface area (Å²) < 4.78 is 0. The van der Waals surface area contributed by atoms with Crippen molar-refractivity contribution in [2.75, 3.05) is 20.6 Å². The van der Waals surface area contributed by atoms with E-state index in [1.807, 2.05) is 0 Å². The molecule has 0 spiro atoms. The Morgan fingerprint density at radius 2 is 1.50 bits per heavy atom. The van der Waals surface area contributed by atoms with Crippen molar-refractivity contribution in [2.24, 2.45) is 0 Å². The summed E-state index contributed by atoms with van der Waals surface area (Å²) in [6, 6.07) is -0.438. The third-order valence-electron chi connectivity index (χ3n) is 5.05. The molecule has 0 bridgehead atoms. The molecule has 0 aliphatic carbocycles. The maximum atomic E-state index is 11.8. The van der Waals surface area contributed by atoms with Crippen molar-refractivity contribution >= 4 is 11.9 Å². The lowest BCUT2D eigenvalue weighted by molar-refractivity contribution is -0.142. The number of aliphatic carboxylic acids is 1. The van der Waals surface area contributed by atoms with Crippen molar-refractivity contribution < 1.29 is 14.7 Å². The smallest absolute Gasteiger partial charge is 0.320 e. The Bertz CT molecular complexity index is 422. The number of carbonyl (C=O) groups is 2. The molecule has 0 unspecified atom stereocenters. The highest BCUT2D eigenvalue weighted by atomic mass is 16.4. The minimum atomic E-state index is -0.781. The molecule has 5 nitrogen and oxygen atoms in total. The first kappa shape index (κ1) is 26.6. The number of carboxylic acids is 1. The Morgan fingerprint density at radius 1 is 0.893 bits per heavy atom. The molecular weight excluding hydrogens is 352 g/mol. The number of nitrogens with one attached hydrogen (secondary N) is 1. The van der Waals surface area contributed by atoms with Gasteiger partial charge in [-0.2, -0.15) is 0 Å². The van der Waals surface area contributed by atoms with Gasteiger partial charge >= 0.3 is 5.97 Å². The highest BCUT2D eigenvalue weighted by Gasteiger charge is 2.18. The monoisotopic (exact) mass is 396 g/mol. The summed E-state index contributed by atoms with van der Waals surface area (Å²) >= 11 is 0. The molecule has 2 N–H and O–H groups in total. The van der Waals surface area contributed by atoms with E-state index in [0.29, 0.717) is 19.4 Å². The van der Waals surface area contributed by atoms with Crippen LogP contribution in [0.5, 0.6) is 0 Å². The van der Waals surface area contributed by atoms with Gasteiger partial charge in [0.25, 0.3) is 0 Å². The fourth-order valence-corrected chi connectivity index (χ4v) is 3.21. The summed E-state index contributed by atoms with van der Waals surface area (Å²) in [5.41, 5.74) is 0. The summed E-state index contributed by atoms with van der Waals surface area (Å²) in [6.45, 7) is 2.88. The van der Waals surface area contributed by atoms with Crippen LogP contribution in [0.2, 0.25) is 0 Å². The van der Waals surface area contributed by atoms with E-state index in [-0.39, 0.29) is 5.91 Å². The maximum Gasteiger partial charge on any atom is 0.320 e. The molecule has 0 aromatic rings. The molecule has 0 fully saturated rings. The van der Waals surface area contributed by atoms with Crippen LogP contribution >= 0.6 is 0 Å². The molecule has 5 heteroatoms. The highest BCUT2D eigenvalue weighted by Crippen LogP contribution is 2.09. The van der Waals surface area contributed by atoms with Gasteiger partial charge in [0.05, 0.1) is 0 Å². The van der Waals surface area contributed by atoms with Gasteiger partial charge in [-0.1, -0.05) is 51.2 Å². The zero-order valence-corrected chi connectivity index (χ0v) is 18.5. The van der Waals surface area contributed by atoms with E-state index in [4.69, 9.17) is 5.11 Å². The fourth-order valence-electron chi connectivity index (χ4n) is 3.21. The Kier molecular flexibility index (Phi) is 18.1. The second-order valence-corrected chi connectivity index (χ2v) is 7.94. The van der Waals surface area contributed by atoms with Crippen LogP contribution in [0.3, 0.4) is 0 Å². The van der Waals surface area contributed by atoms with Crippen LogP contribution in [-0.4, -0.2) is 48.6 Å². The van der Waals surface area contributed by atoms with E-state index in [1.165, 1.54) is 51.4 Å². The first-order valence-corrected chi connectivity index (χ1v) is 11.3. The SMILES string of the molecule is CCCCC/C=C/CCCCCCCC(=O)NCCCC[C@@H](C(=O)O)N(C)C. The average molecular weight is 397 g/mol. The molecule has 1 amide bonds. The lowest BCUT2D eigenvalue weighted by Gasteiger charge is -2.19. The highest BCUT2D eigenvalue weighted by molar-refractivity contribution is 5.75. The minimum absolute atomic E-state index is 0.123. The number of allylic oxidation sites excluding steroid dienone is 2. The number of carbonyl (C=O) groups excluding carboxylic acids is 1. The van der Waals surface area contributed by atoms with Gasteiger partial charge in [0.15, 0.2) is 0 Å². The Morgan fingerprint density at radius 3 is 2.11 bits per heavy atom. The summed E-state index contributed by atoms with van der Waals surface area (Å²) in [6.07, 6.45) is 19.6. The molecule has 0 heterocycles. The molecular formula is C23H44N2O3. The molecule has 164 valence electrons. The van der Waals surface area contributed by atoms with E-state index in [0.717, 1.165) is 25.7 Å². The molecule has 0 aromatic carbocycles. The second kappa shape index (κ2) is 19.0. The van der Waals surface area contributed by atoms with Gasteiger partial charge in [-0.25, -0.2) is 0 Å². The summed E-state index contributed by atoms with van der Waals surface area (Å²) in [4.78, 5) is 24.6. The number of amides is 1. The molecule has 0 rings (SSSR count). The first-order chi connectivity index (χ1) is 13.5. The molecule has 0 radical (unpaired) electrons. The van der Waals surface area contributed by atoms with Gasteiger partial charge in [-0.05, 0) is 65.5 Å². The molecule has 0 aliphatic rings. The van der Waals surface area contributed by atoms with Gasteiger partial charge in [0.2, 0.25) is 5.91 Å². The van der Waals surface area contributed by atoms with Crippen molar-refractivity contribution in [1.82, 2.24) is 10.2 Å². The first-order valence-electron chi connectivity index (χ1n) is 11.3. The standard InChI is InChI=1S/C23H44N2O3/c1-4-5-6-7-8-9-10-11-12-13-14-15-19-22(26)24-20-17-16-18-21(23(27)28)25(2)3/h8-9,21H,4-7,10-20H2,1-3H3,(H,24,26)(H,27,28)/b9-8+/t21-/m0/s1. The lowest BCUT2D eigenvalue weighted by Crippen LogP contribution is -2.35. The average Bonchev–Trinajstić information content (AvgIpc) is 2.64. The van der Waals surface area contributed by atoms with E-state index in [9.17, 15) is 9.59 Å². The third-order valence-corrected chi connectivity index (χ3v) is 5.05. The Balaban J connectivity index is 3.43. The molecule has 28 heavy (non-hydrogen) atoms. The van der Waals surface area contributed by atoms with Crippen LogP contribution in [0.1, 0.15) is 96.8 Å². The van der Waals surface area contributed by atoms with Crippen LogP contribution < -0.4 is 5.32 Å². The second-order valence-electron chi connectivity index (χ2n) is 7.94. The topological polar surface area (TPSA) is 69.6 Å². The van der Waals surface area contributed by atoms with E-state index >= 15 is 0 Å². The summed E-state index contributed by atoms with van der Waals surface area (Å²) in [5.74, 6) is -0.658. The number of hydrogen-bond donors (Lipinski definition) is 2. The number of hydrogen-bond acceptors (Lipinski definition) is 3. The van der Waals surface area contributed by atoms with Crippen molar-refractivity contribution in [2.45, 2.75) is 103 Å². The predicted molar refractivity (Wildman–Crippen MR) is 118 cm³/mol. The number of carboxylic acid groups (broad SMARTS) is 1. The quantitative estimate of drug-likeness (QED) is 0.234. The summed E-state index contributed by atoms with van der Waals surface area (Å²) in [5, 5.41) is 12.1. The van der Waals surface area contributed by atoms with Gasteiger partial charge < -0.3 is 10.4 Å². The molecule has 0 aromatic heterocycles. The fraction of sp³-hybridized carbons (Fsp3) is 0.826. The van der Waals surface area contributed by atoms with Gasteiger partial charge in [0.1, 0.15) is 6.04 Å². The van der Waals surface area contributed by atoms with Crippen molar-refractivity contribution in [3.8, 4) is 0 Å². The molecule has 0 aliphatic heterocycles. The van der Waals surface area contributed by atoms with Gasteiger partial charge in [-0.15, -0.1) is 0 Å². The lowest BCUT2D eigenvalue weighted by atomic mass is 10.1. The zero-order valence-electron chi connectivity index (χ0n) is 18.5.